The largest absolute Gasteiger partial charge is 0.345 e. The fourth-order valence-corrected chi connectivity index (χ4v) is 1.89. The zero-order valence-electron chi connectivity index (χ0n) is 11.2. The van der Waals surface area contributed by atoms with Crippen LogP contribution in [-0.4, -0.2) is 30.8 Å². The lowest BCUT2D eigenvalue weighted by molar-refractivity contribution is -0.139. The summed E-state index contributed by atoms with van der Waals surface area (Å²) in [5.41, 5.74) is 1.15. The fraction of sp³-hybridized carbons (Fsp3) is 0.214. The predicted molar refractivity (Wildman–Crippen MR) is 74.6 cm³/mol. The minimum atomic E-state index is -0.763. The van der Waals surface area contributed by atoms with Gasteiger partial charge in [0.15, 0.2) is 0 Å². The maximum atomic E-state index is 11.6. The summed E-state index contributed by atoms with van der Waals surface area (Å²) in [5, 5.41) is 12.2. The number of hydrogen-bond acceptors (Lipinski definition) is 4. The van der Waals surface area contributed by atoms with E-state index in [1.54, 1.807) is 24.3 Å². The zero-order chi connectivity index (χ0) is 15.2. The molecule has 2 rings (SSSR count). The summed E-state index contributed by atoms with van der Waals surface area (Å²) in [6.07, 6.45) is 1.47. The highest BCUT2D eigenvalue weighted by Crippen LogP contribution is 2.26. The van der Waals surface area contributed by atoms with Crippen molar-refractivity contribution in [2.45, 2.75) is 6.04 Å². The highest BCUT2D eigenvalue weighted by molar-refractivity contribution is 6.35. The van der Waals surface area contributed by atoms with Gasteiger partial charge in [-0.15, -0.1) is 11.7 Å². The number of carbonyl (C=O) groups excluding carboxylic acids is 3. The van der Waals surface area contributed by atoms with Crippen LogP contribution in [0.4, 0.5) is 0 Å². The van der Waals surface area contributed by atoms with E-state index >= 15 is 0 Å². The number of benzene rings is 1. The molecule has 0 aromatic heterocycles. The Morgan fingerprint density at radius 2 is 1.95 bits per heavy atom. The Kier molecular flexibility index (Phi) is 4.55. The van der Waals surface area contributed by atoms with Gasteiger partial charge in [-0.25, -0.2) is 0 Å². The first-order valence-corrected chi connectivity index (χ1v) is 6.34. The summed E-state index contributed by atoms with van der Waals surface area (Å²) < 4.78 is 0. The molecule has 2 N–H and O–H groups in total. The van der Waals surface area contributed by atoms with E-state index < -0.39 is 23.8 Å². The quantitative estimate of drug-likeness (QED) is 0.631. The molecule has 1 atom stereocenters. The van der Waals surface area contributed by atoms with Crippen LogP contribution < -0.4 is 10.6 Å². The summed E-state index contributed by atoms with van der Waals surface area (Å²) in [6, 6.07) is 6.44. The summed E-state index contributed by atoms with van der Waals surface area (Å²) >= 11 is 0. The molecule has 21 heavy (non-hydrogen) atoms. The number of amides is 3. The van der Waals surface area contributed by atoms with Gasteiger partial charge in [-0.05, 0) is 11.6 Å². The smallest absolute Gasteiger partial charge is 0.309 e. The molecule has 0 saturated heterocycles. The fourth-order valence-electron chi connectivity index (χ4n) is 1.89. The van der Waals surface area contributed by atoms with E-state index in [1.807, 2.05) is 0 Å². The molecule has 0 bridgehead atoms. The van der Waals surface area contributed by atoms with Crippen molar-refractivity contribution in [3.8, 4) is 0 Å². The Morgan fingerprint density at radius 3 is 2.71 bits per heavy atom. The van der Waals surface area contributed by atoms with Gasteiger partial charge in [0.2, 0.25) is 0 Å². The van der Waals surface area contributed by atoms with E-state index in [0.717, 1.165) is 0 Å². The molecule has 1 heterocycles. The van der Waals surface area contributed by atoms with Gasteiger partial charge in [-0.3, -0.25) is 14.4 Å². The first-order chi connectivity index (χ1) is 10.1. The van der Waals surface area contributed by atoms with E-state index in [-0.39, 0.29) is 13.1 Å². The van der Waals surface area contributed by atoms with Crippen molar-refractivity contribution >= 4 is 17.7 Å². The van der Waals surface area contributed by atoms with Gasteiger partial charge in [-0.1, -0.05) is 24.3 Å². The number of nitrogens with zero attached hydrogens (tertiary/aromatic N) is 2. The van der Waals surface area contributed by atoms with Crippen LogP contribution in [0.2, 0.25) is 0 Å². The van der Waals surface area contributed by atoms with Crippen molar-refractivity contribution in [3.05, 3.63) is 48.0 Å². The van der Waals surface area contributed by atoms with Crippen molar-refractivity contribution in [2.24, 2.45) is 10.2 Å². The Morgan fingerprint density at radius 1 is 1.24 bits per heavy atom. The minimum absolute atomic E-state index is 0.0914. The maximum Gasteiger partial charge on any atom is 0.309 e. The number of hydrogen-bond donors (Lipinski definition) is 2. The Labute approximate surface area is 121 Å². The zero-order valence-corrected chi connectivity index (χ0v) is 11.2. The van der Waals surface area contributed by atoms with E-state index in [1.165, 1.54) is 6.08 Å². The van der Waals surface area contributed by atoms with E-state index in [0.29, 0.717) is 11.1 Å². The molecule has 1 aliphatic rings. The van der Waals surface area contributed by atoms with Crippen LogP contribution in [0.5, 0.6) is 0 Å². The van der Waals surface area contributed by atoms with Crippen molar-refractivity contribution in [1.82, 2.24) is 10.6 Å². The lowest BCUT2D eigenvalue weighted by Crippen LogP contribution is -2.41. The molecule has 3 amide bonds. The second-order valence-corrected chi connectivity index (χ2v) is 4.33. The molecule has 0 fully saturated rings. The number of rotatable bonds is 4. The molecular formula is C14H14N4O3. The van der Waals surface area contributed by atoms with Crippen LogP contribution in [0.1, 0.15) is 22.0 Å². The molecule has 7 heteroatoms. The molecule has 1 unspecified atom stereocenters. The Bertz CT molecular complexity index is 624. The number of nitrogens with one attached hydrogen (secondary N) is 2. The first-order valence-electron chi connectivity index (χ1n) is 6.34. The standard InChI is InChI=1S/C14H14N4O3/c1-2-7-15-13(20)14(21)16-8-11-9-5-3-4-6-10(9)12(19)18-17-11/h2-6,11H,1,7-8H2,(H,15,20)(H,16,21). The second-order valence-electron chi connectivity index (χ2n) is 4.33. The molecular weight excluding hydrogens is 272 g/mol. The summed E-state index contributed by atoms with van der Waals surface area (Å²) in [7, 11) is 0. The van der Waals surface area contributed by atoms with Gasteiger partial charge in [-0.2, -0.15) is 5.11 Å². The average molecular weight is 286 g/mol. The van der Waals surface area contributed by atoms with E-state index in [9.17, 15) is 14.4 Å². The predicted octanol–water partition coefficient (Wildman–Crippen LogP) is 0.752. The minimum Gasteiger partial charge on any atom is -0.345 e. The van der Waals surface area contributed by atoms with Crippen molar-refractivity contribution in [3.63, 3.8) is 0 Å². The third kappa shape index (κ3) is 3.38. The average Bonchev–Trinajstić information content (AvgIpc) is 2.52. The third-order valence-electron chi connectivity index (χ3n) is 2.91. The summed E-state index contributed by atoms with van der Waals surface area (Å²) in [4.78, 5) is 34.5. The van der Waals surface area contributed by atoms with E-state index in [4.69, 9.17) is 0 Å². The topological polar surface area (TPSA) is 100.0 Å². The van der Waals surface area contributed by atoms with Crippen molar-refractivity contribution in [1.29, 1.82) is 0 Å². The number of carbonyl (C=O) groups is 3. The summed E-state index contributed by atoms with van der Waals surface area (Å²) in [6.45, 7) is 3.74. The van der Waals surface area contributed by atoms with Gasteiger partial charge in [0.05, 0.1) is 0 Å². The van der Waals surface area contributed by atoms with Crippen LogP contribution in [-0.2, 0) is 9.59 Å². The van der Waals surface area contributed by atoms with Crippen molar-refractivity contribution < 1.29 is 14.4 Å². The van der Waals surface area contributed by atoms with Crippen LogP contribution >= 0.6 is 0 Å². The van der Waals surface area contributed by atoms with Crippen LogP contribution in [0.15, 0.2) is 47.1 Å². The Balaban J connectivity index is 1.99. The lowest BCUT2D eigenvalue weighted by atomic mass is 9.99. The highest BCUT2D eigenvalue weighted by Gasteiger charge is 2.24. The molecule has 1 aromatic rings. The van der Waals surface area contributed by atoms with Gasteiger partial charge in [0.1, 0.15) is 6.04 Å². The van der Waals surface area contributed by atoms with Gasteiger partial charge >= 0.3 is 11.8 Å². The second kappa shape index (κ2) is 6.56. The van der Waals surface area contributed by atoms with Gasteiger partial charge in [0.25, 0.3) is 5.91 Å². The van der Waals surface area contributed by atoms with Gasteiger partial charge < -0.3 is 10.6 Å². The lowest BCUT2D eigenvalue weighted by Gasteiger charge is -2.18. The number of azo groups is 1. The number of fused-ring (bicyclic) bond motifs is 1. The molecule has 0 aliphatic carbocycles. The van der Waals surface area contributed by atoms with E-state index in [2.05, 4.69) is 27.4 Å². The molecule has 1 aromatic carbocycles. The third-order valence-corrected chi connectivity index (χ3v) is 2.91. The molecule has 0 spiro atoms. The normalized spacial score (nSPS) is 16.0. The van der Waals surface area contributed by atoms with Gasteiger partial charge in [0, 0.05) is 18.7 Å². The van der Waals surface area contributed by atoms with Crippen molar-refractivity contribution in [2.75, 3.05) is 13.1 Å². The molecule has 1 aliphatic heterocycles. The Hall–Kier alpha value is -2.83. The monoisotopic (exact) mass is 286 g/mol. The molecule has 0 radical (unpaired) electrons. The molecule has 108 valence electrons. The molecule has 0 saturated carbocycles. The molecule has 7 nitrogen and oxygen atoms in total. The maximum absolute atomic E-state index is 11.6. The SMILES string of the molecule is C=CCNC(=O)C(=O)NCC1N=NC(=O)c2ccccc21. The van der Waals surface area contributed by atoms with Crippen LogP contribution in [0, 0.1) is 0 Å². The first kappa shape index (κ1) is 14.6. The van der Waals surface area contributed by atoms with Crippen LogP contribution in [0.3, 0.4) is 0 Å². The summed E-state index contributed by atoms with van der Waals surface area (Å²) in [5.74, 6) is -1.91. The van der Waals surface area contributed by atoms with Crippen LogP contribution in [0.25, 0.3) is 0 Å². The highest BCUT2D eigenvalue weighted by atomic mass is 16.2.